The normalized spacial score (nSPS) is 42.3. The van der Waals surface area contributed by atoms with Crippen LogP contribution in [0.15, 0.2) is 0 Å². The molecule has 83 heavy (non-hydrogen) atoms. The summed E-state index contributed by atoms with van der Waals surface area (Å²) in [5.41, 5.74) is 0. The van der Waals surface area contributed by atoms with E-state index in [1.165, 1.54) is 34.6 Å². The van der Waals surface area contributed by atoms with Crippen LogP contribution in [0, 0.1) is 41.4 Å². The lowest BCUT2D eigenvalue weighted by molar-refractivity contribution is -0.479. The second-order valence-electron chi connectivity index (χ2n) is 20.6. The van der Waals surface area contributed by atoms with Gasteiger partial charge in [-0.15, -0.1) is 0 Å². The molecule has 7 saturated heterocycles. The molecule has 2 bridgehead atoms. The van der Waals surface area contributed by atoms with Crippen LogP contribution in [0.25, 0.3) is 0 Å². The molecule has 0 aromatic carbocycles. The summed E-state index contributed by atoms with van der Waals surface area (Å²) in [4.78, 5) is 13.0. The highest BCUT2D eigenvalue weighted by atomic mass is 32.3. The Morgan fingerprint density at radius 3 is 1.43 bits per heavy atom. The van der Waals surface area contributed by atoms with Crippen LogP contribution in [0.1, 0.15) is 55.4 Å². The fraction of sp³-hybridized carbons (Fsp3) is 0.974. The predicted octanol–water partition coefficient (Wildman–Crippen LogP) is -2.53. The standard InChI is InChI=1S/C39H66O38S6/c1-14-15(2)22(9-63-78(43,44)45)67-35(17(14)4)70-27-16(3)18(5)36(72-31(27)34(41)42)71-29-24(11-65-80(49,50)51)68-37(32(77-83(58,59)60)30(29)76-82(55,56)57)73-33-20(7)28-38(74-39(33,12-61-28)62-13-40)69-26-19(6)25(75-81(52,53)54)21(8)66-23(26)10-64-79(46,47)48/h14-33,35-38,40H,9-13H2,1-8H3,(H,41,42)(H,43,44,45)(H,46,47,48)(H,49,50,51)(H,52,53,54)(H,55,56,57)(H,58,59,60)/t14?,15-,16?,17?,18?,19?,20?,21+,22+,23+,24?,25?,26-,27-,28+,29?,30-,31-,32?,33?,35+,36-,37-,38-,39?/m0/s1. The number of hydrogen-bond donors (Lipinski definition) is 8. The summed E-state index contributed by atoms with van der Waals surface area (Å²) in [5.74, 6) is -10.3. The molecule has 0 aliphatic carbocycles. The number of aliphatic hydroxyl groups excluding tert-OH is 1. The zero-order valence-electron chi connectivity index (χ0n) is 44.7. The van der Waals surface area contributed by atoms with E-state index in [0.29, 0.717) is 0 Å². The van der Waals surface area contributed by atoms with E-state index in [0.717, 1.165) is 0 Å². The number of rotatable bonds is 26. The Labute approximate surface area is 476 Å². The minimum atomic E-state index is -5.94. The average Bonchev–Trinajstić information content (AvgIpc) is 1.47. The summed E-state index contributed by atoms with van der Waals surface area (Å²) in [5, 5.41) is 20.8. The van der Waals surface area contributed by atoms with Crippen LogP contribution in [-0.2, 0) is 144 Å². The molecular weight excluding hydrogens is 1270 g/mol. The molecule has 12 unspecified atom stereocenters. The van der Waals surface area contributed by atoms with Crippen molar-refractivity contribution in [3.63, 3.8) is 0 Å². The molecule has 7 rings (SSSR count). The zero-order valence-corrected chi connectivity index (χ0v) is 49.6. The Morgan fingerprint density at radius 1 is 0.458 bits per heavy atom. The van der Waals surface area contributed by atoms with Crippen molar-refractivity contribution in [3.05, 3.63) is 0 Å². The maximum atomic E-state index is 13.0. The molecule has 7 heterocycles. The van der Waals surface area contributed by atoms with E-state index >= 15 is 0 Å². The lowest BCUT2D eigenvalue weighted by Crippen LogP contribution is -2.73. The Balaban J connectivity index is 1.34. The van der Waals surface area contributed by atoms with E-state index in [1.54, 1.807) is 20.8 Å². The van der Waals surface area contributed by atoms with Crippen molar-refractivity contribution in [2.24, 2.45) is 41.4 Å². The van der Waals surface area contributed by atoms with Gasteiger partial charge in [-0.25, -0.2) is 29.9 Å². The van der Waals surface area contributed by atoms with Crippen molar-refractivity contribution >= 4 is 68.4 Å². The summed E-state index contributed by atoms with van der Waals surface area (Å²) in [6.07, 6.45) is -32.0. The second-order valence-corrected chi connectivity index (χ2v) is 27.0. The molecule has 7 fully saturated rings. The van der Waals surface area contributed by atoms with Crippen molar-refractivity contribution in [2.45, 2.75) is 166 Å². The molecule has 0 spiro atoms. The number of fused-ring (bicyclic) bond motifs is 3. The van der Waals surface area contributed by atoms with Crippen molar-refractivity contribution < 1.29 is 170 Å². The van der Waals surface area contributed by atoms with E-state index in [9.17, 15) is 92.8 Å². The van der Waals surface area contributed by atoms with Gasteiger partial charge in [-0.1, -0.05) is 48.5 Å². The van der Waals surface area contributed by atoms with Gasteiger partial charge in [0.25, 0.3) is 0 Å². The Hall–Kier alpha value is -1.79. The molecule has 486 valence electrons. The van der Waals surface area contributed by atoms with Gasteiger partial charge in [-0.2, -0.15) is 50.5 Å². The quantitative estimate of drug-likeness (QED) is 0.0327. The number of carboxylic acids is 1. The lowest BCUT2D eigenvalue weighted by Gasteiger charge is -2.58. The van der Waals surface area contributed by atoms with Crippen LogP contribution in [-0.4, -0.2) is 238 Å². The lowest BCUT2D eigenvalue weighted by atomic mass is 9.78. The first-order valence-electron chi connectivity index (χ1n) is 24.7. The number of aliphatic carboxylic acids is 1. The molecule has 0 aromatic rings. The van der Waals surface area contributed by atoms with Crippen molar-refractivity contribution in [1.29, 1.82) is 0 Å². The minimum Gasteiger partial charge on any atom is -0.479 e. The molecule has 44 heteroatoms. The van der Waals surface area contributed by atoms with Crippen LogP contribution in [0.4, 0.5) is 0 Å². The number of hydrogen-bond acceptors (Lipinski definition) is 31. The van der Waals surface area contributed by atoms with Crippen LogP contribution in [0.3, 0.4) is 0 Å². The van der Waals surface area contributed by atoms with Crippen LogP contribution in [0.5, 0.6) is 0 Å². The van der Waals surface area contributed by atoms with E-state index in [1.807, 2.05) is 0 Å². The van der Waals surface area contributed by atoms with Crippen LogP contribution < -0.4 is 0 Å². The van der Waals surface area contributed by atoms with Gasteiger partial charge < -0.3 is 62.3 Å². The first-order chi connectivity index (χ1) is 37.9. The van der Waals surface area contributed by atoms with Gasteiger partial charge in [0.15, 0.2) is 37.4 Å². The molecule has 8 N–H and O–H groups in total. The van der Waals surface area contributed by atoms with Gasteiger partial charge in [-0.3, -0.25) is 27.3 Å². The van der Waals surface area contributed by atoms with Gasteiger partial charge in [0, 0.05) is 23.7 Å². The Kier molecular flexibility index (Phi) is 22.6. The fourth-order valence-corrected chi connectivity index (χ4v) is 13.3. The fourth-order valence-electron chi connectivity index (χ4n) is 10.7. The summed E-state index contributed by atoms with van der Waals surface area (Å²) in [7, 11) is -32.7. The monoisotopic (exact) mass is 1330 g/mol. The molecule has 38 nitrogen and oxygen atoms in total. The number of carbonyl (C=O) groups is 1. The highest BCUT2D eigenvalue weighted by Gasteiger charge is 2.65. The summed E-state index contributed by atoms with van der Waals surface area (Å²) >= 11 is 0. The largest absolute Gasteiger partial charge is 0.479 e. The van der Waals surface area contributed by atoms with E-state index in [2.05, 4.69) is 12.5 Å². The number of carboxylic acid groups (broad SMARTS) is 1. The highest BCUT2D eigenvalue weighted by molar-refractivity contribution is 7.82. The molecule has 0 radical (unpaired) electrons. The topological polar surface area (TPSA) is 541 Å². The van der Waals surface area contributed by atoms with E-state index in [4.69, 9.17) is 64.7 Å². The molecule has 25 atom stereocenters. The third-order valence-corrected chi connectivity index (χ3v) is 17.9. The zero-order chi connectivity index (χ0) is 62.5. The average molecular weight is 1340 g/mol. The Bertz CT molecular complexity index is 2930. The van der Waals surface area contributed by atoms with Crippen molar-refractivity contribution in [3.8, 4) is 0 Å². The van der Waals surface area contributed by atoms with E-state index < -0.39 is 247 Å². The smallest absolute Gasteiger partial charge is 0.397 e. The molecule has 0 aromatic heterocycles. The summed E-state index contributed by atoms with van der Waals surface area (Å²) < 4.78 is 297. The first-order valence-corrected chi connectivity index (χ1v) is 32.9. The van der Waals surface area contributed by atoms with Gasteiger partial charge in [0.2, 0.25) is 5.79 Å². The first kappa shape index (κ1) is 70.3. The van der Waals surface area contributed by atoms with Gasteiger partial charge in [0.1, 0.15) is 62.2 Å². The SMILES string of the molecule is CC1C(C)[C@H](C)[C@@H](COS(=O)(=O)O)O[C@@H]1O[C@H]1C(C)C(C)[C@@H](OC2C(COS(=O)(=O)O)O[C@@H](OC3C(C)[C@H]4OCC3(OCO)O[C@@H]4O[C@H]3C(C)C(OS(=O)(=O)O)[C@@H](C)O[C@@H]3COS(=O)(=O)O)C(OS(=O)(=O)O)[C@H]2OS(=O)(=O)O)O[C@@H]1C(=O)O. The van der Waals surface area contributed by atoms with E-state index in [-0.39, 0.29) is 5.92 Å². The van der Waals surface area contributed by atoms with Gasteiger partial charge in [0.05, 0.1) is 38.1 Å². The minimum absolute atomic E-state index is 0.322. The molecule has 7 aliphatic rings. The number of aliphatic hydroxyl groups is 1. The molecule has 0 amide bonds. The Morgan fingerprint density at radius 2 is 0.916 bits per heavy atom. The maximum Gasteiger partial charge on any atom is 0.397 e. The molecule has 0 saturated carbocycles. The van der Waals surface area contributed by atoms with Crippen molar-refractivity contribution in [1.82, 2.24) is 0 Å². The summed E-state index contributed by atoms with van der Waals surface area (Å²) in [6, 6.07) is 0. The summed E-state index contributed by atoms with van der Waals surface area (Å²) in [6.45, 7) is 6.54. The van der Waals surface area contributed by atoms with Gasteiger partial charge >= 0.3 is 68.4 Å². The van der Waals surface area contributed by atoms with Crippen LogP contribution >= 0.6 is 0 Å². The van der Waals surface area contributed by atoms with Gasteiger partial charge in [-0.05, 0) is 24.7 Å². The van der Waals surface area contributed by atoms with Crippen LogP contribution in [0.2, 0.25) is 0 Å². The molecular formula is C39H66O38S6. The maximum absolute atomic E-state index is 13.0. The predicted molar refractivity (Wildman–Crippen MR) is 259 cm³/mol. The second kappa shape index (κ2) is 26.7. The number of ether oxygens (including phenoxy) is 11. The molecule has 7 aliphatic heterocycles. The highest BCUT2D eigenvalue weighted by Crippen LogP contribution is 2.48. The third kappa shape index (κ3) is 18.2. The third-order valence-electron chi connectivity index (χ3n) is 15.2. The van der Waals surface area contributed by atoms with Crippen molar-refractivity contribution in [2.75, 3.05) is 33.2 Å².